The molecule has 0 amide bonds. The predicted molar refractivity (Wildman–Crippen MR) is 141 cm³/mol. The van der Waals surface area contributed by atoms with Crippen molar-refractivity contribution in [3.8, 4) is 0 Å². The maximum atomic E-state index is 14.4. The summed E-state index contributed by atoms with van der Waals surface area (Å²) in [6.07, 6.45) is 1.49. The molecule has 5 nitrogen and oxygen atoms in total. The standard InChI is InChI=1S/C30H29NO4S/c1-4-35-30(32)21(3)28-27(23-11-6-5-7-12-23)26-19-16-22-10-8-9-13-25(22)29(26)31(28)36(33,34)24-17-14-20(2)15-18-24/h5-15,17-18,27-28H,3-4,16,19H2,1-2H3/t27-,28+/m0/s1. The van der Waals surface area contributed by atoms with E-state index in [0.717, 1.165) is 34.2 Å². The van der Waals surface area contributed by atoms with E-state index >= 15 is 0 Å². The molecule has 0 saturated heterocycles. The second-order valence-electron chi connectivity index (χ2n) is 9.22. The number of benzene rings is 3. The van der Waals surface area contributed by atoms with Crippen molar-refractivity contribution in [2.45, 2.75) is 43.5 Å². The van der Waals surface area contributed by atoms with Gasteiger partial charge in [-0.15, -0.1) is 0 Å². The Kier molecular flexibility index (Phi) is 6.31. The number of ether oxygens (including phenoxy) is 1. The minimum Gasteiger partial charge on any atom is -0.463 e. The fourth-order valence-electron chi connectivity index (χ4n) is 5.38. The zero-order valence-electron chi connectivity index (χ0n) is 20.5. The summed E-state index contributed by atoms with van der Waals surface area (Å²) in [6, 6.07) is 23.7. The summed E-state index contributed by atoms with van der Waals surface area (Å²) < 4.78 is 35.5. The van der Waals surface area contributed by atoms with E-state index in [1.54, 1.807) is 31.2 Å². The summed E-state index contributed by atoms with van der Waals surface area (Å²) in [5.74, 6) is -0.938. The van der Waals surface area contributed by atoms with Crippen molar-refractivity contribution in [2.75, 3.05) is 6.61 Å². The third kappa shape index (κ3) is 3.95. The molecule has 36 heavy (non-hydrogen) atoms. The highest BCUT2D eigenvalue weighted by Gasteiger charge is 2.51. The summed E-state index contributed by atoms with van der Waals surface area (Å²) >= 11 is 0. The SMILES string of the molecule is C=C(C(=O)OCC)[C@@H]1[C@@H](c2ccccc2)C2=C(c3ccccc3CC2)N1S(=O)(=O)c1ccc(C)cc1. The molecule has 1 aliphatic heterocycles. The number of esters is 1. The van der Waals surface area contributed by atoms with E-state index in [-0.39, 0.29) is 23.0 Å². The molecule has 1 aliphatic carbocycles. The fourth-order valence-corrected chi connectivity index (χ4v) is 7.09. The van der Waals surface area contributed by atoms with Gasteiger partial charge in [-0.25, -0.2) is 13.2 Å². The first-order valence-electron chi connectivity index (χ1n) is 12.2. The minimum atomic E-state index is -4.05. The maximum absolute atomic E-state index is 14.4. The Balaban J connectivity index is 1.79. The van der Waals surface area contributed by atoms with Crippen LogP contribution in [-0.2, 0) is 26.0 Å². The number of rotatable bonds is 6. The first-order valence-corrected chi connectivity index (χ1v) is 13.6. The number of hydrogen-bond donors (Lipinski definition) is 0. The largest absolute Gasteiger partial charge is 0.463 e. The molecule has 0 radical (unpaired) electrons. The van der Waals surface area contributed by atoms with Crippen LogP contribution in [0.2, 0.25) is 0 Å². The highest BCUT2D eigenvalue weighted by atomic mass is 32.2. The van der Waals surface area contributed by atoms with E-state index in [2.05, 4.69) is 6.58 Å². The van der Waals surface area contributed by atoms with E-state index in [1.165, 1.54) is 4.31 Å². The van der Waals surface area contributed by atoms with Crippen molar-refractivity contribution >= 4 is 21.7 Å². The topological polar surface area (TPSA) is 63.7 Å². The van der Waals surface area contributed by atoms with Crippen LogP contribution in [-0.4, -0.2) is 31.3 Å². The van der Waals surface area contributed by atoms with Gasteiger partial charge in [0.05, 0.1) is 28.8 Å². The molecule has 5 rings (SSSR count). The third-order valence-electron chi connectivity index (χ3n) is 7.04. The van der Waals surface area contributed by atoms with Crippen LogP contribution in [0.5, 0.6) is 0 Å². The second-order valence-corrected chi connectivity index (χ2v) is 11.0. The molecule has 0 unspecified atom stereocenters. The number of nitrogens with zero attached hydrogens (tertiary/aromatic N) is 1. The second kappa shape index (κ2) is 9.43. The van der Waals surface area contributed by atoms with Crippen LogP contribution >= 0.6 is 0 Å². The van der Waals surface area contributed by atoms with Crippen molar-refractivity contribution < 1.29 is 17.9 Å². The number of fused-ring (bicyclic) bond motifs is 2. The molecule has 0 saturated carbocycles. The fraction of sp³-hybridized carbons (Fsp3) is 0.233. The van der Waals surface area contributed by atoms with Crippen LogP contribution in [0.25, 0.3) is 5.70 Å². The van der Waals surface area contributed by atoms with E-state index in [1.807, 2.05) is 61.5 Å². The van der Waals surface area contributed by atoms with Crippen molar-refractivity contribution in [2.24, 2.45) is 0 Å². The van der Waals surface area contributed by atoms with Gasteiger partial charge in [-0.2, -0.15) is 0 Å². The Morgan fingerprint density at radius 2 is 1.64 bits per heavy atom. The van der Waals surface area contributed by atoms with Gasteiger partial charge in [0.25, 0.3) is 10.0 Å². The van der Waals surface area contributed by atoms with Crippen molar-refractivity contribution in [1.82, 2.24) is 4.31 Å². The average molecular weight is 500 g/mol. The Morgan fingerprint density at radius 3 is 2.33 bits per heavy atom. The zero-order valence-corrected chi connectivity index (χ0v) is 21.3. The molecule has 6 heteroatoms. The van der Waals surface area contributed by atoms with Crippen LogP contribution in [0.4, 0.5) is 0 Å². The Labute approximate surface area is 212 Å². The van der Waals surface area contributed by atoms with Crippen LogP contribution < -0.4 is 0 Å². The molecule has 0 bridgehead atoms. The zero-order chi connectivity index (χ0) is 25.4. The van der Waals surface area contributed by atoms with Crippen molar-refractivity contribution in [3.05, 3.63) is 119 Å². The van der Waals surface area contributed by atoms with Crippen molar-refractivity contribution in [3.63, 3.8) is 0 Å². The molecule has 2 aliphatic rings. The van der Waals surface area contributed by atoms with E-state index < -0.39 is 22.0 Å². The Bertz CT molecular complexity index is 1460. The molecule has 3 aromatic carbocycles. The molecule has 184 valence electrons. The van der Waals surface area contributed by atoms with Gasteiger partial charge in [-0.05, 0) is 55.5 Å². The van der Waals surface area contributed by atoms with Gasteiger partial charge < -0.3 is 4.74 Å². The van der Waals surface area contributed by atoms with Crippen molar-refractivity contribution in [1.29, 1.82) is 0 Å². The monoisotopic (exact) mass is 499 g/mol. The molecular formula is C30H29NO4S. The smallest absolute Gasteiger partial charge is 0.335 e. The average Bonchev–Trinajstić information content (AvgIpc) is 3.25. The number of hydrogen-bond acceptors (Lipinski definition) is 4. The lowest BCUT2D eigenvalue weighted by molar-refractivity contribution is -0.139. The maximum Gasteiger partial charge on any atom is 0.335 e. The number of carbonyl (C=O) groups excluding carboxylic acids is 1. The van der Waals surface area contributed by atoms with E-state index in [9.17, 15) is 13.2 Å². The van der Waals surface area contributed by atoms with Gasteiger partial charge in [0.15, 0.2) is 0 Å². The molecule has 1 heterocycles. The highest BCUT2D eigenvalue weighted by molar-refractivity contribution is 7.89. The summed E-state index contributed by atoms with van der Waals surface area (Å²) in [4.78, 5) is 13.2. The number of sulfonamides is 1. The van der Waals surface area contributed by atoms with E-state index in [4.69, 9.17) is 4.74 Å². The molecule has 0 spiro atoms. The van der Waals surface area contributed by atoms with Gasteiger partial charge in [0, 0.05) is 11.5 Å². The summed E-state index contributed by atoms with van der Waals surface area (Å²) in [7, 11) is -4.05. The van der Waals surface area contributed by atoms with Crippen LogP contribution in [0.1, 0.15) is 41.5 Å². The lowest BCUT2D eigenvalue weighted by Crippen LogP contribution is -2.41. The quantitative estimate of drug-likeness (QED) is 0.326. The Hall–Kier alpha value is -3.64. The lowest BCUT2D eigenvalue weighted by Gasteiger charge is -2.33. The number of carbonyl (C=O) groups is 1. The molecular weight excluding hydrogens is 470 g/mol. The van der Waals surface area contributed by atoms with Gasteiger partial charge in [0.1, 0.15) is 0 Å². The molecule has 2 atom stereocenters. The summed E-state index contributed by atoms with van der Waals surface area (Å²) in [5, 5.41) is 0. The predicted octanol–water partition coefficient (Wildman–Crippen LogP) is 5.63. The van der Waals surface area contributed by atoms with Gasteiger partial charge in [-0.1, -0.05) is 78.9 Å². The first kappa shape index (κ1) is 24.1. The summed E-state index contributed by atoms with van der Waals surface area (Å²) in [5.41, 5.74) is 5.68. The highest BCUT2D eigenvalue weighted by Crippen LogP contribution is 2.53. The Morgan fingerprint density at radius 1 is 0.972 bits per heavy atom. The van der Waals surface area contributed by atoms with Crippen LogP contribution in [0.3, 0.4) is 0 Å². The molecule has 0 aromatic heterocycles. The summed E-state index contributed by atoms with van der Waals surface area (Å²) in [6.45, 7) is 7.94. The van der Waals surface area contributed by atoms with Gasteiger partial charge in [0.2, 0.25) is 0 Å². The van der Waals surface area contributed by atoms with Crippen LogP contribution in [0.15, 0.2) is 101 Å². The van der Waals surface area contributed by atoms with Crippen LogP contribution in [0, 0.1) is 6.92 Å². The van der Waals surface area contributed by atoms with Gasteiger partial charge in [-0.3, -0.25) is 4.31 Å². The molecule has 0 fully saturated rings. The first-order chi connectivity index (χ1) is 17.3. The normalized spacial score (nSPS) is 19.0. The van der Waals surface area contributed by atoms with E-state index in [0.29, 0.717) is 12.1 Å². The minimum absolute atomic E-state index is 0.133. The van der Waals surface area contributed by atoms with Gasteiger partial charge >= 0.3 is 5.97 Å². The molecule has 0 N–H and O–H groups in total. The third-order valence-corrected chi connectivity index (χ3v) is 8.83. The molecule has 3 aromatic rings. The lowest BCUT2D eigenvalue weighted by atomic mass is 9.79. The number of aryl methyl sites for hydroxylation is 2.